The first-order valence-corrected chi connectivity index (χ1v) is 10.9. The van der Waals surface area contributed by atoms with Gasteiger partial charge in [0.05, 0.1) is 12.8 Å². The Balaban J connectivity index is 1.54. The number of carbonyl (C=O) groups is 1. The van der Waals surface area contributed by atoms with Gasteiger partial charge in [0.25, 0.3) is 5.91 Å². The summed E-state index contributed by atoms with van der Waals surface area (Å²) in [5.41, 5.74) is 3.09. The van der Waals surface area contributed by atoms with Crippen molar-refractivity contribution in [1.82, 2.24) is 20.2 Å². The van der Waals surface area contributed by atoms with Gasteiger partial charge in [-0.2, -0.15) is 4.98 Å². The molecule has 3 aromatic rings. The first-order chi connectivity index (χ1) is 16.1. The van der Waals surface area contributed by atoms with Crippen LogP contribution in [0.5, 0.6) is 5.75 Å². The quantitative estimate of drug-likeness (QED) is 0.509. The molecule has 1 aliphatic heterocycles. The van der Waals surface area contributed by atoms with Gasteiger partial charge in [-0.15, -0.1) is 0 Å². The lowest BCUT2D eigenvalue weighted by molar-refractivity contribution is 0.0963. The van der Waals surface area contributed by atoms with Gasteiger partial charge in [0.15, 0.2) is 0 Å². The number of anilines is 5. The van der Waals surface area contributed by atoms with Gasteiger partial charge in [-0.3, -0.25) is 4.79 Å². The van der Waals surface area contributed by atoms with Crippen LogP contribution >= 0.6 is 0 Å². The number of nitrogens with one attached hydrogen (secondary N) is 3. The Morgan fingerprint density at radius 2 is 1.73 bits per heavy atom. The highest BCUT2D eigenvalue weighted by molar-refractivity contribution is 5.99. The molecular weight excluding hydrogens is 418 g/mol. The van der Waals surface area contributed by atoms with Crippen molar-refractivity contribution in [3.05, 3.63) is 60.3 Å². The summed E-state index contributed by atoms with van der Waals surface area (Å²) in [6.07, 6.45) is 1.50. The summed E-state index contributed by atoms with van der Waals surface area (Å²) in [7, 11) is 5.32. The monoisotopic (exact) mass is 447 g/mol. The lowest BCUT2D eigenvalue weighted by Crippen LogP contribution is -2.44. The summed E-state index contributed by atoms with van der Waals surface area (Å²) in [4.78, 5) is 26.0. The number of ether oxygens (including phenoxy) is 1. The second-order valence-electron chi connectivity index (χ2n) is 7.82. The van der Waals surface area contributed by atoms with E-state index in [0.717, 1.165) is 31.9 Å². The lowest BCUT2D eigenvalue weighted by atomic mass is 10.2. The van der Waals surface area contributed by atoms with E-state index in [1.54, 1.807) is 14.2 Å². The van der Waals surface area contributed by atoms with Crippen LogP contribution in [0.25, 0.3) is 0 Å². The van der Waals surface area contributed by atoms with E-state index in [2.05, 4.69) is 54.9 Å². The van der Waals surface area contributed by atoms with Crippen molar-refractivity contribution in [2.75, 3.05) is 62.9 Å². The van der Waals surface area contributed by atoms with Crippen LogP contribution in [0, 0.1) is 0 Å². The number of methoxy groups -OCH3 is 1. The molecule has 1 fully saturated rings. The van der Waals surface area contributed by atoms with Crippen molar-refractivity contribution < 1.29 is 9.53 Å². The maximum absolute atomic E-state index is 12.4. The van der Waals surface area contributed by atoms with Crippen LogP contribution in [-0.2, 0) is 0 Å². The van der Waals surface area contributed by atoms with E-state index in [9.17, 15) is 4.79 Å². The van der Waals surface area contributed by atoms with E-state index >= 15 is 0 Å². The molecule has 1 aromatic heterocycles. The van der Waals surface area contributed by atoms with E-state index in [4.69, 9.17) is 4.74 Å². The summed E-state index contributed by atoms with van der Waals surface area (Å²) in [5.74, 6) is 1.13. The van der Waals surface area contributed by atoms with Crippen molar-refractivity contribution in [2.45, 2.75) is 0 Å². The van der Waals surface area contributed by atoms with E-state index in [0.29, 0.717) is 28.8 Å². The number of carbonyl (C=O) groups excluding carboxylic acids is 1. The van der Waals surface area contributed by atoms with Crippen LogP contribution in [0.15, 0.2) is 54.7 Å². The van der Waals surface area contributed by atoms with E-state index in [-0.39, 0.29) is 5.91 Å². The minimum atomic E-state index is -0.282. The number of nitrogens with zero attached hydrogens (tertiary/aromatic N) is 4. The fourth-order valence-electron chi connectivity index (χ4n) is 3.66. The Bertz CT molecular complexity index is 1100. The number of hydrogen-bond donors (Lipinski definition) is 3. The molecule has 0 bridgehead atoms. The van der Waals surface area contributed by atoms with Crippen molar-refractivity contribution in [3.63, 3.8) is 0 Å². The molecule has 0 unspecified atom stereocenters. The minimum Gasteiger partial charge on any atom is -0.495 e. The topological polar surface area (TPSA) is 94.7 Å². The zero-order chi connectivity index (χ0) is 23.2. The molecule has 0 atom stereocenters. The van der Waals surface area contributed by atoms with Gasteiger partial charge in [0.2, 0.25) is 5.95 Å². The number of piperazine rings is 1. The molecule has 4 rings (SSSR count). The van der Waals surface area contributed by atoms with Gasteiger partial charge in [0, 0.05) is 50.8 Å². The van der Waals surface area contributed by atoms with E-state index < -0.39 is 0 Å². The smallest absolute Gasteiger partial charge is 0.256 e. The Morgan fingerprint density at radius 1 is 1.00 bits per heavy atom. The van der Waals surface area contributed by atoms with E-state index in [1.807, 2.05) is 36.4 Å². The normalized spacial score (nSPS) is 14.0. The van der Waals surface area contributed by atoms with E-state index in [1.165, 1.54) is 11.9 Å². The maximum Gasteiger partial charge on any atom is 0.256 e. The summed E-state index contributed by atoms with van der Waals surface area (Å²) in [6, 6.07) is 15.7. The molecule has 2 aromatic carbocycles. The Hall–Kier alpha value is -3.85. The van der Waals surface area contributed by atoms with Gasteiger partial charge < -0.3 is 30.5 Å². The second kappa shape index (κ2) is 10.2. The lowest BCUT2D eigenvalue weighted by Gasteiger charge is -2.34. The molecule has 2 heterocycles. The molecule has 0 aliphatic carbocycles. The summed E-state index contributed by atoms with van der Waals surface area (Å²) < 4.78 is 5.41. The van der Waals surface area contributed by atoms with Crippen LogP contribution in [0.4, 0.5) is 28.8 Å². The molecule has 172 valence electrons. The Morgan fingerprint density at radius 3 is 2.42 bits per heavy atom. The molecular formula is C24H29N7O2. The molecule has 1 saturated heterocycles. The van der Waals surface area contributed by atoms with Crippen molar-refractivity contribution in [2.24, 2.45) is 0 Å². The molecule has 9 heteroatoms. The molecule has 0 radical (unpaired) electrons. The van der Waals surface area contributed by atoms with Gasteiger partial charge in [-0.1, -0.05) is 12.1 Å². The first kappa shape index (κ1) is 22.3. The number of aromatic nitrogens is 2. The highest BCUT2D eigenvalue weighted by atomic mass is 16.5. The maximum atomic E-state index is 12.4. The number of hydrogen-bond acceptors (Lipinski definition) is 8. The zero-order valence-corrected chi connectivity index (χ0v) is 19.1. The first-order valence-electron chi connectivity index (χ1n) is 10.9. The SMILES string of the molecule is CNC(=O)c1cnc(Nc2ccc(N3CCN(C)CC3)cc2)nc1Nc1ccccc1OC. The van der Waals surface area contributed by atoms with Crippen LogP contribution in [-0.4, -0.2) is 68.2 Å². The van der Waals surface area contributed by atoms with Gasteiger partial charge in [0.1, 0.15) is 17.1 Å². The number of benzene rings is 2. The highest BCUT2D eigenvalue weighted by Gasteiger charge is 2.16. The fourth-order valence-corrected chi connectivity index (χ4v) is 3.66. The largest absolute Gasteiger partial charge is 0.495 e. The average Bonchev–Trinajstić information content (AvgIpc) is 2.85. The Kier molecular flexibility index (Phi) is 6.89. The molecule has 0 saturated carbocycles. The summed E-state index contributed by atoms with van der Waals surface area (Å²) in [5, 5.41) is 9.06. The van der Waals surface area contributed by atoms with Gasteiger partial charge >= 0.3 is 0 Å². The average molecular weight is 448 g/mol. The van der Waals surface area contributed by atoms with Gasteiger partial charge in [-0.05, 0) is 43.4 Å². The molecule has 0 spiro atoms. The molecule has 1 amide bonds. The number of likely N-dealkylation sites (N-methyl/N-ethyl adjacent to an activating group) is 1. The predicted octanol–water partition coefficient (Wildman–Crippen LogP) is 3.08. The van der Waals surface area contributed by atoms with Crippen molar-refractivity contribution in [1.29, 1.82) is 0 Å². The van der Waals surface area contributed by atoms with Gasteiger partial charge in [-0.25, -0.2) is 4.98 Å². The summed E-state index contributed by atoms with van der Waals surface area (Å²) in [6.45, 7) is 4.16. The third-order valence-electron chi connectivity index (χ3n) is 5.61. The number of para-hydroxylation sites is 2. The third-order valence-corrected chi connectivity index (χ3v) is 5.61. The van der Waals surface area contributed by atoms with Crippen LogP contribution in [0.3, 0.4) is 0 Å². The van der Waals surface area contributed by atoms with Crippen LogP contribution < -0.4 is 25.6 Å². The third kappa shape index (κ3) is 5.32. The zero-order valence-electron chi connectivity index (χ0n) is 19.1. The Labute approximate surface area is 193 Å². The molecule has 9 nitrogen and oxygen atoms in total. The molecule has 3 N–H and O–H groups in total. The minimum absolute atomic E-state index is 0.282. The molecule has 1 aliphatic rings. The number of rotatable bonds is 7. The fraction of sp³-hybridized carbons (Fsp3) is 0.292. The highest BCUT2D eigenvalue weighted by Crippen LogP contribution is 2.29. The van der Waals surface area contributed by atoms with Crippen LogP contribution in [0.2, 0.25) is 0 Å². The second-order valence-corrected chi connectivity index (χ2v) is 7.82. The van der Waals surface area contributed by atoms with Crippen LogP contribution in [0.1, 0.15) is 10.4 Å². The predicted molar refractivity (Wildman–Crippen MR) is 131 cm³/mol. The standard InChI is InChI=1S/C24H29N7O2/c1-25-23(32)19-16-26-24(29-22(19)28-20-6-4-5-7-21(20)33-3)27-17-8-10-18(11-9-17)31-14-12-30(2)13-15-31/h4-11,16H,12-15H2,1-3H3,(H,25,32)(H2,26,27,28,29). The summed E-state index contributed by atoms with van der Waals surface area (Å²) >= 11 is 0. The van der Waals surface area contributed by atoms with Crippen molar-refractivity contribution >= 4 is 34.7 Å². The van der Waals surface area contributed by atoms with Crippen molar-refractivity contribution in [3.8, 4) is 5.75 Å². The number of amides is 1. The molecule has 33 heavy (non-hydrogen) atoms.